The molecule has 0 aromatic carbocycles. The third-order valence-electron chi connectivity index (χ3n) is 1.96. The van der Waals surface area contributed by atoms with Gasteiger partial charge in [-0.15, -0.1) is 0 Å². The summed E-state index contributed by atoms with van der Waals surface area (Å²) < 4.78 is 28.0. The van der Waals surface area contributed by atoms with Crippen LogP contribution < -0.4 is 0 Å². The topological polar surface area (TPSA) is 101 Å². The molecule has 0 aliphatic heterocycles. The average Bonchev–Trinajstić information content (AvgIpc) is 2.16. The molecule has 0 aliphatic carbocycles. The van der Waals surface area contributed by atoms with Gasteiger partial charge in [0.05, 0.1) is 13.0 Å². The van der Waals surface area contributed by atoms with Gasteiger partial charge in [0, 0.05) is 13.6 Å². The van der Waals surface area contributed by atoms with Crippen LogP contribution in [-0.4, -0.2) is 56.2 Å². The summed E-state index contributed by atoms with van der Waals surface area (Å²) in [5.41, 5.74) is 0. The van der Waals surface area contributed by atoms with Gasteiger partial charge in [0.2, 0.25) is 10.0 Å². The summed E-state index contributed by atoms with van der Waals surface area (Å²) in [5, 5.41) is 8.61. The van der Waals surface area contributed by atoms with Crippen LogP contribution in [-0.2, 0) is 24.3 Å². The van der Waals surface area contributed by atoms with Crippen molar-refractivity contribution >= 4 is 22.0 Å². The molecule has 0 bridgehead atoms. The Balaban J connectivity index is 4.53. The monoisotopic (exact) mass is 253 g/mol. The van der Waals surface area contributed by atoms with E-state index in [0.29, 0.717) is 0 Å². The van der Waals surface area contributed by atoms with E-state index < -0.39 is 33.6 Å². The zero-order chi connectivity index (χ0) is 12.9. The molecule has 16 heavy (non-hydrogen) atoms. The minimum Gasteiger partial charge on any atom is -0.481 e. The summed E-state index contributed by atoms with van der Waals surface area (Å²) in [5.74, 6) is -3.60. The smallest absolute Gasteiger partial charge is 0.322 e. The number of aliphatic carboxylic acids is 1. The Kier molecular flexibility index (Phi) is 5.39. The molecule has 0 saturated carbocycles. The normalized spacial score (nSPS) is 13.5. The minimum absolute atomic E-state index is 0.186. The molecule has 8 heteroatoms. The molecule has 94 valence electrons. The average molecular weight is 253 g/mol. The first-order chi connectivity index (χ1) is 7.20. The van der Waals surface area contributed by atoms with E-state index in [1.807, 2.05) is 0 Å². The van der Waals surface area contributed by atoms with Crippen LogP contribution in [0.1, 0.15) is 6.92 Å². The summed E-state index contributed by atoms with van der Waals surface area (Å²) in [6, 6.07) is 0. The molecule has 1 unspecified atom stereocenters. The van der Waals surface area contributed by atoms with E-state index in [0.717, 1.165) is 11.4 Å². The quantitative estimate of drug-likeness (QED) is 0.618. The molecule has 0 aliphatic rings. The second kappa shape index (κ2) is 5.80. The van der Waals surface area contributed by atoms with E-state index in [9.17, 15) is 18.0 Å². The van der Waals surface area contributed by atoms with Crippen molar-refractivity contribution < 1.29 is 27.9 Å². The first-order valence-electron chi connectivity index (χ1n) is 4.44. The van der Waals surface area contributed by atoms with E-state index >= 15 is 0 Å². The van der Waals surface area contributed by atoms with Gasteiger partial charge in [-0.1, -0.05) is 6.92 Å². The van der Waals surface area contributed by atoms with E-state index in [4.69, 9.17) is 5.11 Å². The first-order valence-corrected chi connectivity index (χ1v) is 6.05. The van der Waals surface area contributed by atoms with Gasteiger partial charge < -0.3 is 9.84 Å². The van der Waals surface area contributed by atoms with E-state index in [2.05, 4.69) is 4.74 Å². The number of carbonyl (C=O) groups is 2. The third kappa shape index (κ3) is 4.58. The predicted octanol–water partition coefficient (Wildman–Crippen LogP) is -0.858. The van der Waals surface area contributed by atoms with Gasteiger partial charge >= 0.3 is 11.9 Å². The Labute approximate surface area is 94.0 Å². The molecule has 0 amide bonds. The number of hydrogen-bond donors (Lipinski definition) is 1. The molecule has 0 spiro atoms. The lowest BCUT2D eigenvalue weighted by Crippen LogP contribution is -2.37. The van der Waals surface area contributed by atoms with Crippen LogP contribution in [0, 0.1) is 5.92 Å². The third-order valence-corrected chi connectivity index (χ3v) is 3.65. The highest BCUT2D eigenvalue weighted by atomic mass is 32.2. The van der Waals surface area contributed by atoms with Crippen molar-refractivity contribution in [3.63, 3.8) is 0 Å². The molecule has 0 fully saturated rings. The fourth-order valence-electron chi connectivity index (χ4n) is 0.895. The summed E-state index contributed by atoms with van der Waals surface area (Å²) in [7, 11) is -1.50. The number of carboxylic acid groups (broad SMARTS) is 1. The minimum atomic E-state index is -3.80. The van der Waals surface area contributed by atoms with Crippen LogP contribution in [0.4, 0.5) is 0 Å². The van der Waals surface area contributed by atoms with Crippen molar-refractivity contribution in [2.24, 2.45) is 5.92 Å². The molecule has 0 saturated heterocycles. The van der Waals surface area contributed by atoms with Crippen LogP contribution in [0.15, 0.2) is 0 Å². The maximum Gasteiger partial charge on any atom is 0.322 e. The van der Waals surface area contributed by atoms with Gasteiger partial charge in [-0.25, -0.2) is 12.7 Å². The van der Waals surface area contributed by atoms with Crippen molar-refractivity contribution in [1.82, 2.24) is 4.31 Å². The van der Waals surface area contributed by atoms with Crippen molar-refractivity contribution in [2.75, 3.05) is 26.5 Å². The molecular weight excluding hydrogens is 238 g/mol. The Morgan fingerprint density at radius 3 is 2.31 bits per heavy atom. The predicted molar refractivity (Wildman–Crippen MR) is 55.2 cm³/mol. The molecule has 1 N–H and O–H groups in total. The Bertz CT molecular complexity index is 363. The fraction of sp³-hybridized carbons (Fsp3) is 0.750. The summed E-state index contributed by atoms with van der Waals surface area (Å²) in [6.07, 6.45) is 0. The highest BCUT2D eigenvalue weighted by molar-refractivity contribution is 7.89. The lowest BCUT2D eigenvalue weighted by Gasteiger charge is -2.18. The van der Waals surface area contributed by atoms with Crippen LogP contribution in [0.3, 0.4) is 0 Å². The maximum atomic E-state index is 11.5. The molecular formula is C8H15NO6S. The molecule has 0 aromatic heterocycles. The Morgan fingerprint density at radius 2 is 1.94 bits per heavy atom. The van der Waals surface area contributed by atoms with Crippen molar-refractivity contribution in [3.05, 3.63) is 0 Å². The molecule has 7 nitrogen and oxygen atoms in total. The number of carbonyl (C=O) groups excluding carboxylic acids is 1. The van der Waals surface area contributed by atoms with Crippen molar-refractivity contribution in [3.8, 4) is 0 Å². The molecule has 0 rings (SSSR count). The number of esters is 1. The largest absolute Gasteiger partial charge is 0.481 e. The molecule has 0 heterocycles. The maximum absolute atomic E-state index is 11.5. The number of rotatable bonds is 6. The Hall–Kier alpha value is -1.15. The zero-order valence-corrected chi connectivity index (χ0v) is 10.2. The highest BCUT2D eigenvalue weighted by Gasteiger charge is 2.25. The highest BCUT2D eigenvalue weighted by Crippen LogP contribution is 2.04. The molecule has 0 radical (unpaired) electrons. The summed E-state index contributed by atoms with van der Waals surface area (Å²) in [6.45, 7) is 1.20. The lowest BCUT2D eigenvalue weighted by molar-refractivity contribution is -0.141. The van der Waals surface area contributed by atoms with Gasteiger partial charge in [-0.05, 0) is 0 Å². The Morgan fingerprint density at radius 1 is 1.44 bits per heavy atom. The van der Waals surface area contributed by atoms with Crippen LogP contribution in [0.25, 0.3) is 0 Å². The van der Waals surface area contributed by atoms with Gasteiger partial charge in [-0.3, -0.25) is 9.59 Å². The SMILES string of the molecule is COC(=O)CS(=O)(=O)N(C)CC(C)C(=O)O. The van der Waals surface area contributed by atoms with Gasteiger partial charge in [-0.2, -0.15) is 0 Å². The number of sulfonamides is 1. The lowest BCUT2D eigenvalue weighted by atomic mass is 10.2. The number of nitrogens with zero attached hydrogens (tertiary/aromatic N) is 1. The molecule has 1 atom stereocenters. The van der Waals surface area contributed by atoms with Crippen LogP contribution >= 0.6 is 0 Å². The molecule has 0 aromatic rings. The summed E-state index contributed by atoms with van der Waals surface area (Å²) in [4.78, 5) is 21.3. The van der Waals surface area contributed by atoms with Gasteiger partial charge in [0.15, 0.2) is 5.75 Å². The van der Waals surface area contributed by atoms with E-state index in [-0.39, 0.29) is 6.54 Å². The fourth-order valence-corrected chi connectivity index (χ4v) is 1.98. The number of hydrogen-bond acceptors (Lipinski definition) is 5. The van der Waals surface area contributed by atoms with Crippen molar-refractivity contribution in [2.45, 2.75) is 6.92 Å². The summed E-state index contributed by atoms with van der Waals surface area (Å²) >= 11 is 0. The van der Waals surface area contributed by atoms with Gasteiger partial charge in [0.25, 0.3) is 0 Å². The van der Waals surface area contributed by atoms with Gasteiger partial charge in [0.1, 0.15) is 0 Å². The first kappa shape index (κ1) is 14.8. The van der Waals surface area contributed by atoms with Crippen molar-refractivity contribution in [1.29, 1.82) is 0 Å². The number of methoxy groups -OCH3 is 1. The van der Waals surface area contributed by atoms with Crippen LogP contribution in [0.5, 0.6) is 0 Å². The zero-order valence-electron chi connectivity index (χ0n) is 9.34. The standard InChI is InChI=1S/C8H15NO6S/c1-6(8(11)12)4-9(2)16(13,14)5-7(10)15-3/h6H,4-5H2,1-3H3,(H,11,12). The number of carboxylic acids is 1. The van der Waals surface area contributed by atoms with E-state index in [1.165, 1.54) is 14.0 Å². The number of ether oxygens (including phenoxy) is 1. The van der Waals surface area contributed by atoms with E-state index in [1.54, 1.807) is 0 Å². The second-order valence-electron chi connectivity index (χ2n) is 3.35. The second-order valence-corrected chi connectivity index (χ2v) is 5.43. The van der Waals surface area contributed by atoms with Crippen LogP contribution in [0.2, 0.25) is 0 Å².